The van der Waals surface area contributed by atoms with E-state index in [4.69, 9.17) is 0 Å². The van der Waals surface area contributed by atoms with E-state index in [1.807, 2.05) is 13.1 Å². The van der Waals surface area contributed by atoms with E-state index in [0.29, 0.717) is 5.56 Å². The Bertz CT molecular complexity index is 627. The molecule has 1 N–H and O–H groups in total. The van der Waals surface area contributed by atoms with Crippen LogP contribution in [0.1, 0.15) is 46.3 Å². The molecule has 0 fully saturated rings. The summed E-state index contributed by atoms with van der Waals surface area (Å²) in [5, 5.41) is 3.05. The number of aryl methyl sites for hydroxylation is 2. The van der Waals surface area contributed by atoms with Crippen molar-refractivity contribution in [1.29, 1.82) is 0 Å². The Morgan fingerprint density at radius 3 is 3.10 bits per heavy atom. The summed E-state index contributed by atoms with van der Waals surface area (Å²) < 4.78 is 0. The summed E-state index contributed by atoms with van der Waals surface area (Å²) in [7, 11) is 0. The zero-order chi connectivity index (χ0) is 13.9. The second-order valence-corrected chi connectivity index (χ2v) is 4.98. The lowest BCUT2D eigenvalue weighted by Gasteiger charge is -2.25. The fourth-order valence-corrected chi connectivity index (χ4v) is 2.54. The van der Waals surface area contributed by atoms with Gasteiger partial charge in [-0.2, -0.15) is 0 Å². The van der Waals surface area contributed by atoms with Crippen LogP contribution in [-0.4, -0.2) is 20.9 Å². The summed E-state index contributed by atoms with van der Waals surface area (Å²) in [4.78, 5) is 24.9. The molecule has 0 saturated heterocycles. The first-order chi connectivity index (χ1) is 9.74. The third-order valence-electron chi connectivity index (χ3n) is 3.53. The van der Waals surface area contributed by atoms with Crippen LogP contribution < -0.4 is 5.32 Å². The molecule has 0 unspecified atom stereocenters. The van der Waals surface area contributed by atoms with E-state index in [1.54, 1.807) is 24.5 Å². The van der Waals surface area contributed by atoms with Gasteiger partial charge in [0.15, 0.2) is 0 Å². The highest BCUT2D eigenvalue weighted by Crippen LogP contribution is 2.28. The van der Waals surface area contributed by atoms with Crippen LogP contribution >= 0.6 is 0 Å². The Kier molecular flexibility index (Phi) is 3.41. The van der Waals surface area contributed by atoms with Crippen LogP contribution in [0.2, 0.25) is 0 Å². The molecular weight excluding hydrogens is 252 g/mol. The number of hydrogen-bond acceptors (Lipinski definition) is 4. The average molecular weight is 268 g/mol. The minimum atomic E-state index is -0.100. The zero-order valence-electron chi connectivity index (χ0n) is 11.3. The monoisotopic (exact) mass is 268 g/mol. The van der Waals surface area contributed by atoms with Crippen molar-refractivity contribution in [3.8, 4) is 0 Å². The number of amides is 1. The van der Waals surface area contributed by atoms with E-state index in [0.717, 1.165) is 36.3 Å². The first kappa shape index (κ1) is 12.7. The van der Waals surface area contributed by atoms with E-state index in [-0.39, 0.29) is 11.9 Å². The maximum Gasteiger partial charge on any atom is 0.253 e. The summed E-state index contributed by atoms with van der Waals surface area (Å²) in [6, 6.07) is 3.51. The fourth-order valence-electron chi connectivity index (χ4n) is 2.54. The van der Waals surface area contributed by atoms with Crippen LogP contribution in [0, 0.1) is 6.92 Å². The molecule has 1 aliphatic rings. The Labute approximate surface area is 117 Å². The Morgan fingerprint density at radius 1 is 1.40 bits per heavy atom. The van der Waals surface area contributed by atoms with Crippen molar-refractivity contribution in [3.05, 3.63) is 53.4 Å². The highest BCUT2D eigenvalue weighted by molar-refractivity contribution is 5.94. The topological polar surface area (TPSA) is 67.8 Å². The number of aromatic nitrogens is 3. The van der Waals surface area contributed by atoms with E-state index >= 15 is 0 Å². The molecule has 0 spiro atoms. The van der Waals surface area contributed by atoms with Gasteiger partial charge in [-0.1, -0.05) is 0 Å². The van der Waals surface area contributed by atoms with Gasteiger partial charge in [0.1, 0.15) is 5.82 Å². The van der Waals surface area contributed by atoms with Gasteiger partial charge in [0.25, 0.3) is 5.91 Å². The van der Waals surface area contributed by atoms with Crippen molar-refractivity contribution in [2.24, 2.45) is 0 Å². The fraction of sp³-hybridized carbons (Fsp3) is 0.333. The number of fused-ring (bicyclic) bond motifs is 1. The summed E-state index contributed by atoms with van der Waals surface area (Å²) in [6.07, 6.45) is 7.98. The largest absolute Gasteiger partial charge is 0.345 e. The Hall–Kier alpha value is -2.30. The minimum absolute atomic E-state index is 0.00736. The molecule has 20 heavy (non-hydrogen) atoms. The van der Waals surface area contributed by atoms with Crippen LogP contribution in [0.15, 0.2) is 30.7 Å². The van der Waals surface area contributed by atoms with E-state index in [1.165, 1.54) is 0 Å². The van der Waals surface area contributed by atoms with Crippen LogP contribution in [-0.2, 0) is 6.42 Å². The number of nitrogens with one attached hydrogen (secondary N) is 1. The van der Waals surface area contributed by atoms with Crippen LogP contribution in [0.4, 0.5) is 0 Å². The summed E-state index contributed by atoms with van der Waals surface area (Å²) in [5.74, 6) is 0.680. The molecule has 0 saturated carbocycles. The predicted octanol–water partition coefficient (Wildman–Crippen LogP) is 1.99. The SMILES string of the molecule is Cc1ncc2c(n1)CCC[C@@H]2NC(=O)c1cccnc1. The number of carbonyl (C=O) groups excluding carboxylic acids is 1. The first-order valence-corrected chi connectivity index (χ1v) is 6.77. The molecular formula is C15H16N4O. The van der Waals surface area contributed by atoms with Gasteiger partial charge in [-0.25, -0.2) is 9.97 Å². The lowest BCUT2D eigenvalue weighted by atomic mass is 9.92. The number of nitrogens with zero attached hydrogens (tertiary/aromatic N) is 3. The van der Waals surface area contributed by atoms with Crippen molar-refractivity contribution >= 4 is 5.91 Å². The zero-order valence-corrected chi connectivity index (χ0v) is 11.3. The normalized spacial score (nSPS) is 17.4. The Morgan fingerprint density at radius 2 is 2.30 bits per heavy atom. The molecule has 102 valence electrons. The lowest BCUT2D eigenvalue weighted by molar-refractivity contribution is 0.0932. The number of pyridine rings is 1. The highest BCUT2D eigenvalue weighted by atomic mass is 16.1. The van der Waals surface area contributed by atoms with E-state index in [2.05, 4.69) is 20.3 Å². The maximum absolute atomic E-state index is 12.2. The molecule has 5 heteroatoms. The van der Waals surface area contributed by atoms with Crippen molar-refractivity contribution in [3.63, 3.8) is 0 Å². The third kappa shape index (κ3) is 2.52. The smallest absolute Gasteiger partial charge is 0.253 e. The first-order valence-electron chi connectivity index (χ1n) is 6.77. The van der Waals surface area contributed by atoms with Crippen LogP contribution in [0.25, 0.3) is 0 Å². The van der Waals surface area contributed by atoms with E-state index in [9.17, 15) is 4.79 Å². The van der Waals surface area contributed by atoms with Crippen molar-refractivity contribution in [2.45, 2.75) is 32.2 Å². The number of rotatable bonds is 2. The van der Waals surface area contributed by atoms with Gasteiger partial charge in [0.05, 0.1) is 11.6 Å². The minimum Gasteiger partial charge on any atom is -0.345 e. The van der Waals surface area contributed by atoms with Crippen molar-refractivity contribution in [1.82, 2.24) is 20.3 Å². The predicted molar refractivity (Wildman–Crippen MR) is 74.2 cm³/mol. The standard InChI is InChI=1S/C15H16N4O/c1-10-17-9-12-13(18-10)5-2-6-14(12)19-15(20)11-4-3-7-16-8-11/h3-4,7-9,14H,2,5-6H2,1H3,(H,19,20)/t14-/m0/s1. The average Bonchev–Trinajstić information content (AvgIpc) is 2.48. The van der Waals surface area contributed by atoms with Gasteiger partial charge in [0.2, 0.25) is 0 Å². The van der Waals surface area contributed by atoms with Gasteiger partial charge < -0.3 is 5.32 Å². The second-order valence-electron chi connectivity index (χ2n) is 4.98. The lowest BCUT2D eigenvalue weighted by Crippen LogP contribution is -2.31. The van der Waals surface area contributed by atoms with Gasteiger partial charge >= 0.3 is 0 Å². The molecule has 0 radical (unpaired) electrons. The summed E-state index contributed by atoms with van der Waals surface area (Å²) in [6.45, 7) is 1.89. The summed E-state index contributed by atoms with van der Waals surface area (Å²) >= 11 is 0. The molecule has 0 bridgehead atoms. The number of carbonyl (C=O) groups is 1. The van der Waals surface area contributed by atoms with E-state index < -0.39 is 0 Å². The molecule has 1 atom stereocenters. The molecule has 3 rings (SSSR count). The van der Waals surface area contributed by atoms with Gasteiger partial charge in [-0.05, 0) is 38.3 Å². The highest BCUT2D eigenvalue weighted by Gasteiger charge is 2.23. The molecule has 5 nitrogen and oxygen atoms in total. The summed E-state index contributed by atoms with van der Waals surface area (Å²) in [5.41, 5.74) is 2.67. The molecule has 0 aliphatic heterocycles. The van der Waals surface area contributed by atoms with Crippen molar-refractivity contribution in [2.75, 3.05) is 0 Å². The Balaban J connectivity index is 1.81. The van der Waals surface area contributed by atoms with Gasteiger partial charge in [-0.3, -0.25) is 9.78 Å². The molecule has 2 heterocycles. The molecule has 0 aromatic carbocycles. The third-order valence-corrected chi connectivity index (χ3v) is 3.53. The van der Waals surface area contributed by atoms with Crippen molar-refractivity contribution < 1.29 is 4.79 Å². The van der Waals surface area contributed by atoms with Gasteiger partial charge in [-0.15, -0.1) is 0 Å². The van der Waals surface area contributed by atoms with Crippen LogP contribution in [0.5, 0.6) is 0 Å². The quantitative estimate of drug-likeness (QED) is 0.904. The van der Waals surface area contributed by atoms with Crippen LogP contribution in [0.3, 0.4) is 0 Å². The van der Waals surface area contributed by atoms with Gasteiger partial charge in [0, 0.05) is 29.8 Å². The molecule has 1 amide bonds. The molecule has 2 aromatic rings. The number of hydrogen-bond donors (Lipinski definition) is 1. The molecule has 1 aliphatic carbocycles. The maximum atomic E-state index is 12.2. The second kappa shape index (κ2) is 5.36. The molecule has 2 aromatic heterocycles.